The molecule has 0 saturated carbocycles. The molecule has 0 aliphatic carbocycles. The van der Waals surface area contributed by atoms with Crippen LogP contribution in [-0.4, -0.2) is 0 Å². The van der Waals surface area contributed by atoms with Crippen LogP contribution in [0, 0.1) is 26.6 Å². The molecular weight excluding hydrogens is 225 g/mol. The van der Waals surface area contributed by atoms with E-state index in [4.69, 9.17) is 0 Å². The van der Waals surface area contributed by atoms with Crippen molar-refractivity contribution in [3.8, 4) is 0 Å². The van der Waals surface area contributed by atoms with Crippen LogP contribution in [0.15, 0.2) is 36.4 Å². The van der Waals surface area contributed by atoms with Gasteiger partial charge in [-0.1, -0.05) is 29.8 Å². The Labute approximate surface area is 108 Å². The van der Waals surface area contributed by atoms with Crippen LogP contribution in [0.5, 0.6) is 0 Å². The van der Waals surface area contributed by atoms with Crippen LogP contribution < -0.4 is 5.32 Å². The zero-order valence-corrected chi connectivity index (χ0v) is 11.0. The smallest absolute Gasteiger partial charge is 0.128 e. The Balaban J connectivity index is 2.16. The van der Waals surface area contributed by atoms with E-state index in [-0.39, 0.29) is 5.82 Å². The van der Waals surface area contributed by atoms with Crippen molar-refractivity contribution in [1.29, 1.82) is 0 Å². The third-order valence-electron chi connectivity index (χ3n) is 3.24. The monoisotopic (exact) mass is 243 g/mol. The molecule has 2 aromatic carbocycles. The maximum Gasteiger partial charge on any atom is 0.128 e. The summed E-state index contributed by atoms with van der Waals surface area (Å²) in [6.45, 7) is 6.68. The van der Waals surface area contributed by atoms with E-state index in [0.29, 0.717) is 5.56 Å². The number of nitrogens with one attached hydrogen (secondary N) is 1. The molecule has 18 heavy (non-hydrogen) atoms. The van der Waals surface area contributed by atoms with Gasteiger partial charge in [0, 0.05) is 17.8 Å². The number of halogens is 1. The first-order valence-corrected chi connectivity index (χ1v) is 6.13. The zero-order valence-electron chi connectivity index (χ0n) is 11.0. The molecule has 2 rings (SSSR count). The minimum atomic E-state index is -0.166. The van der Waals surface area contributed by atoms with Crippen LogP contribution in [0.2, 0.25) is 0 Å². The first kappa shape index (κ1) is 12.6. The van der Waals surface area contributed by atoms with Gasteiger partial charge in [0.2, 0.25) is 0 Å². The maximum atomic E-state index is 13.4. The second-order valence-corrected chi connectivity index (χ2v) is 4.70. The van der Waals surface area contributed by atoms with E-state index in [9.17, 15) is 4.39 Å². The molecule has 0 bridgehead atoms. The van der Waals surface area contributed by atoms with E-state index in [1.54, 1.807) is 13.0 Å². The van der Waals surface area contributed by atoms with Crippen molar-refractivity contribution in [2.75, 3.05) is 5.32 Å². The predicted molar refractivity (Wildman–Crippen MR) is 74.4 cm³/mol. The van der Waals surface area contributed by atoms with Crippen molar-refractivity contribution in [2.45, 2.75) is 27.3 Å². The van der Waals surface area contributed by atoms with Crippen molar-refractivity contribution in [3.63, 3.8) is 0 Å². The highest BCUT2D eigenvalue weighted by Gasteiger charge is 2.04. The Morgan fingerprint density at radius 1 is 1.06 bits per heavy atom. The lowest BCUT2D eigenvalue weighted by Crippen LogP contribution is -2.03. The minimum absolute atomic E-state index is 0.166. The Hall–Kier alpha value is -1.83. The lowest BCUT2D eigenvalue weighted by Gasteiger charge is -2.12. The molecule has 0 atom stereocenters. The highest BCUT2D eigenvalue weighted by Crippen LogP contribution is 2.19. The van der Waals surface area contributed by atoms with Crippen LogP contribution >= 0.6 is 0 Å². The molecule has 1 nitrogen and oxygen atoms in total. The summed E-state index contributed by atoms with van der Waals surface area (Å²) < 4.78 is 13.4. The number of hydrogen-bond acceptors (Lipinski definition) is 1. The lowest BCUT2D eigenvalue weighted by atomic mass is 10.1. The highest BCUT2D eigenvalue weighted by atomic mass is 19.1. The second kappa shape index (κ2) is 5.21. The molecule has 2 heteroatoms. The zero-order chi connectivity index (χ0) is 13.1. The quantitative estimate of drug-likeness (QED) is 0.844. The predicted octanol–water partition coefficient (Wildman–Crippen LogP) is 4.36. The average molecular weight is 243 g/mol. The van der Waals surface area contributed by atoms with Crippen molar-refractivity contribution in [2.24, 2.45) is 0 Å². The van der Waals surface area contributed by atoms with Crippen molar-refractivity contribution < 1.29 is 4.39 Å². The molecule has 0 unspecified atom stereocenters. The molecule has 0 fully saturated rings. The summed E-state index contributed by atoms with van der Waals surface area (Å²) in [6, 6.07) is 11.5. The normalized spacial score (nSPS) is 10.4. The SMILES string of the molecule is Cc1ccc(C)c(CNc2cccc(F)c2C)c1. The molecule has 0 aromatic heterocycles. The van der Waals surface area contributed by atoms with Gasteiger partial charge in [0.05, 0.1) is 0 Å². The molecule has 1 N–H and O–H groups in total. The fraction of sp³-hybridized carbons (Fsp3) is 0.250. The van der Waals surface area contributed by atoms with Gasteiger partial charge in [0.1, 0.15) is 5.82 Å². The summed E-state index contributed by atoms with van der Waals surface area (Å²) in [4.78, 5) is 0. The van der Waals surface area contributed by atoms with E-state index < -0.39 is 0 Å². The van der Waals surface area contributed by atoms with Gasteiger partial charge in [-0.3, -0.25) is 0 Å². The fourth-order valence-corrected chi connectivity index (χ4v) is 1.98. The molecule has 0 heterocycles. The first-order valence-electron chi connectivity index (χ1n) is 6.13. The first-order chi connectivity index (χ1) is 8.58. The van der Waals surface area contributed by atoms with Gasteiger partial charge in [0.25, 0.3) is 0 Å². The summed E-state index contributed by atoms with van der Waals surface area (Å²) in [6.07, 6.45) is 0. The summed E-state index contributed by atoms with van der Waals surface area (Å²) >= 11 is 0. The number of rotatable bonds is 3. The molecule has 2 aromatic rings. The summed E-state index contributed by atoms with van der Waals surface area (Å²) in [5, 5.41) is 3.30. The Bertz CT molecular complexity index is 559. The van der Waals surface area contributed by atoms with E-state index in [0.717, 1.165) is 12.2 Å². The van der Waals surface area contributed by atoms with Gasteiger partial charge in [0.15, 0.2) is 0 Å². The third-order valence-corrected chi connectivity index (χ3v) is 3.24. The Morgan fingerprint density at radius 3 is 2.61 bits per heavy atom. The van der Waals surface area contributed by atoms with Crippen molar-refractivity contribution in [3.05, 3.63) is 64.5 Å². The van der Waals surface area contributed by atoms with Gasteiger partial charge in [-0.05, 0) is 44.0 Å². The molecule has 94 valence electrons. The Kier molecular flexibility index (Phi) is 3.66. The van der Waals surface area contributed by atoms with E-state index in [2.05, 4.69) is 37.4 Å². The second-order valence-electron chi connectivity index (χ2n) is 4.70. The topological polar surface area (TPSA) is 12.0 Å². The Morgan fingerprint density at radius 2 is 1.83 bits per heavy atom. The standard InChI is InChI=1S/C16H18FN/c1-11-7-8-12(2)14(9-11)10-18-16-6-4-5-15(17)13(16)3/h4-9,18H,10H2,1-3H3. The van der Waals surface area contributed by atoms with Crippen LogP contribution in [0.25, 0.3) is 0 Å². The summed E-state index contributed by atoms with van der Waals surface area (Å²) in [7, 11) is 0. The van der Waals surface area contributed by atoms with Crippen LogP contribution in [-0.2, 0) is 6.54 Å². The number of benzene rings is 2. The molecule has 0 saturated heterocycles. The molecule has 0 radical (unpaired) electrons. The molecule has 0 spiro atoms. The summed E-state index contributed by atoms with van der Waals surface area (Å²) in [5.74, 6) is -0.166. The number of aryl methyl sites for hydroxylation is 2. The summed E-state index contributed by atoms with van der Waals surface area (Å²) in [5.41, 5.74) is 5.27. The minimum Gasteiger partial charge on any atom is -0.381 e. The third kappa shape index (κ3) is 2.70. The van der Waals surface area contributed by atoms with E-state index >= 15 is 0 Å². The van der Waals surface area contributed by atoms with Crippen molar-refractivity contribution >= 4 is 5.69 Å². The van der Waals surface area contributed by atoms with Gasteiger partial charge in [-0.25, -0.2) is 4.39 Å². The van der Waals surface area contributed by atoms with Gasteiger partial charge in [-0.15, -0.1) is 0 Å². The van der Waals surface area contributed by atoms with Crippen LogP contribution in [0.1, 0.15) is 22.3 Å². The van der Waals surface area contributed by atoms with E-state index in [1.807, 2.05) is 6.07 Å². The maximum absolute atomic E-state index is 13.4. The number of hydrogen-bond donors (Lipinski definition) is 1. The molecule has 0 amide bonds. The number of anilines is 1. The lowest BCUT2D eigenvalue weighted by molar-refractivity contribution is 0.619. The van der Waals surface area contributed by atoms with Crippen LogP contribution in [0.3, 0.4) is 0 Å². The van der Waals surface area contributed by atoms with Crippen molar-refractivity contribution in [1.82, 2.24) is 0 Å². The fourth-order valence-electron chi connectivity index (χ4n) is 1.98. The highest BCUT2D eigenvalue weighted by molar-refractivity contribution is 5.51. The molecule has 0 aliphatic heterocycles. The average Bonchev–Trinajstić information content (AvgIpc) is 2.35. The molecule has 0 aliphatic rings. The molecular formula is C16H18FN. The van der Waals surface area contributed by atoms with Gasteiger partial charge in [-0.2, -0.15) is 0 Å². The van der Waals surface area contributed by atoms with Gasteiger partial charge < -0.3 is 5.32 Å². The largest absolute Gasteiger partial charge is 0.381 e. The van der Waals surface area contributed by atoms with Gasteiger partial charge >= 0.3 is 0 Å². The van der Waals surface area contributed by atoms with Crippen LogP contribution in [0.4, 0.5) is 10.1 Å². The van der Waals surface area contributed by atoms with E-state index in [1.165, 1.54) is 22.8 Å².